The second-order valence-corrected chi connectivity index (χ2v) is 7.94. The molecule has 8 heteroatoms. The van der Waals surface area contributed by atoms with E-state index in [0.717, 1.165) is 5.56 Å². The summed E-state index contributed by atoms with van der Waals surface area (Å²) in [7, 11) is 0. The highest BCUT2D eigenvalue weighted by atomic mass is 32.2. The zero-order chi connectivity index (χ0) is 21.8. The molecule has 158 valence electrons. The summed E-state index contributed by atoms with van der Waals surface area (Å²) in [6.45, 7) is 3.77. The number of anilines is 1. The first-order valence-corrected chi connectivity index (χ1v) is 10.9. The van der Waals surface area contributed by atoms with E-state index in [4.69, 9.17) is 4.74 Å². The Morgan fingerprint density at radius 3 is 2.65 bits per heavy atom. The van der Waals surface area contributed by atoms with Crippen molar-refractivity contribution in [3.8, 4) is 0 Å². The first-order chi connectivity index (χ1) is 15.1. The van der Waals surface area contributed by atoms with Crippen molar-refractivity contribution in [2.75, 3.05) is 11.9 Å². The summed E-state index contributed by atoms with van der Waals surface area (Å²) in [5.41, 5.74) is 2.73. The largest absolute Gasteiger partial charge is 0.463 e. The van der Waals surface area contributed by atoms with Gasteiger partial charge in [0.25, 0.3) is 5.56 Å². The lowest BCUT2D eigenvalue weighted by molar-refractivity contribution is -0.138. The van der Waals surface area contributed by atoms with E-state index in [2.05, 4.69) is 20.3 Å². The molecule has 1 aliphatic heterocycles. The molecular formula is C23H22N4O3S. The zero-order valence-corrected chi connectivity index (χ0v) is 18.0. The Bertz CT molecular complexity index is 1180. The fourth-order valence-electron chi connectivity index (χ4n) is 3.55. The van der Waals surface area contributed by atoms with Crippen LogP contribution in [-0.2, 0) is 15.3 Å². The van der Waals surface area contributed by atoms with Crippen LogP contribution < -0.4 is 10.9 Å². The van der Waals surface area contributed by atoms with Gasteiger partial charge in [0.1, 0.15) is 5.82 Å². The maximum absolute atomic E-state index is 13.2. The number of nitrogens with one attached hydrogen (secondary N) is 2. The maximum atomic E-state index is 13.2. The highest BCUT2D eigenvalue weighted by Crippen LogP contribution is 2.39. The predicted octanol–water partition coefficient (Wildman–Crippen LogP) is 3.85. The number of ether oxygens (including phenoxy) is 1. The molecule has 31 heavy (non-hydrogen) atoms. The lowest BCUT2D eigenvalue weighted by Crippen LogP contribution is -2.31. The van der Waals surface area contributed by atoms with Crippen LogP contribution in [-0.4, -0.2) is 27.5 Å². The number of hydrogen-bond donors (Lipinski definition) is 2. The molecule has 1 aromatic carbocycles. The Morgan fingerprint density at radius 2 is 1.94 bits per heavy atom. The lowest BCUT2D eigenvalue weighted by atomic mass is 9.85. The molecule has 0 spiro atoms. The smallest absolute Gasteiger partial charge is 0.336 e. The van der Waals surface area contributed by atoms with Crippen LogP contribution in [0.15, 0.2) is 75.9 Å². The molecule has 0 saturated carbocycles. The monoisotopic (exact) mass is 434 g/mol. The van der Waals surface area contributed by atoms with E-state index in [1.807, 2.05) is 36.4 Å². The maximum Gasteiger partial charge on any atom is 0.336 e. The van der Waals surface area contributed by atoms with E-state index in [9.17, 15) is 9.59 Å². The fourth-order valence-corrected chi connectivity index (χ4v) is 4.36. The molecular weight excluding hydrogens is 412 g/mol. The molecule has 0 aliphatic carbocycles. The summed E-state index contributed by atoms with van der Waals surface area (Å²) in [6.07, 6.45) is 1.64. The molecule has 2 N–H and O–H groups in total. The number of hydrogen-bond acceptors (Lipinski definition) is 7. The number of carbonyl (C=O) groups is 1. The Kier molecular flexibility index (Phi) is 6.18. The number of allylic oxidation sites excluding steroid dienone is 1. The third kappa shape index (κ3) is 4.39. The summed E-state index contributed by atoms with van der Waals surface area (Å²) in [6, 6.07) is 15.4. The van der Waals surface area contributed by atoms with Crippen molar-refractivity contribution >= 4 is 23.5 Å². The SMILES string of the molecule is CCOC(=O)C1=C(C)Nc2nc(SCc3ccccc3)[nH]c(=O)c2C1c1ccccn1. The minimum absolute atomic E-state index is 0.237. The van der Waals surface area contributed by atoms with Crippen molar-refractivity contribution in [3.05, 3.63) is 93.2 Å². The Morgan fingerprint density at radius 1 is 1.16 bits per heavy atom. The Balaban J connectivity index is 1.75. The van der Waals surface area contributed by atoms with Crippen molar-refractivity contribution in [2.45, 2.75) is 30.7 Å². The van der Waals surface area contributed by atoms with Gasteiger partial charge in [-0.2, -0.15) is 0 Å². The standard InChI is InChI=1S/C23H22N4O3S/c1-3-30-22(29)17-14(2)25-20-19(18(17)16-11-7-8-12-24-16)21(28)27-23(26-20)31-13-15-9-5-4-6-10-15/h4-12,18H,3,13H2,1-2H3,(H2,25,26,27,28). The number of aromatic amines is 1. The van der Waals surface area contributed by atoms with Crippen molar-refractivity contribution < 1.29 is 9.53 Å². The van der Waals surface area contributed by atoms with Crippen LogP contribution in [0.5, 0.6) is 0 Å². The summed E-state index contributed by atoms with van der Waals surface area (Å²) < 4.78 is 5.27. The van der Waals surface area contributed by atoms with E-state index in [1.165, 1.54) is 11.8 Å². The Labute approximate surface area is 184 Å². The van der Waals surface area contributed by atoms with Crippen LogP contribution in [0.25, 0.3) is 0 Å². The van der Waals surface area contributed by atoms with Gasteiger partial charge in [0, 0.05) is 17.6 Å². The van der Waals surface area contributed by atoms with Gasteiger partial charge in [0.15, 0.2) is 5.16 Å². The number of esters is 1. The van der Waals surface area contributed by atoms with Crippen molar-refractivity contribution in [3.63, 3.8) is 0 Å². The molecule has 2 aromatic heterocycles. The van der Waals surface area contributed by atoms with Crippen LogP contribution in [0, 0.1) is 0 Å². The van der Waals surface area contributed by atoms with Crippen LogP contribution in [0.3, 0.4) is 0 Å². The first-order valence-electron chi connectivity index (χ1n) is 9.95. The quantitative estimate of drug-likeness (QED) is 0.345. The molecule has 3 aromatic rings. The molecule has 0 saturated heterocycles. The number of thioether (sulfide) groups is 1. The number of fused-ring (bicyclic) bond motifs is 1. The molecule has 1 atom stereocenters. The van der Waals surface area contributed by atoms with Gasteiger partial charge >= 0.3 is 5.97 Å². The third-order valence-corrected chi connectivity index (χ3v) is 5.86. The molecule has 1 unspecified atom stereocenters. The number of benzene rings is 1. The first kappa shape index (κ1) is 20.9. The summed E-state index contributed by atoms with van der Waals surface area (Å²) in [5.74, 6) is -0.0352. The number of aromatic nitrogens is 3. The van der Waals surface area contributed by atoms with Gasteiger partial charge in [0.05, 0.1) is 29.4 Å². The van der Waals surface area contributed by atoms with Gasteiger partial charge in [-0.3, -0.25) is 9.78 Å². The number of pyridine rings is 1. The second kappa shape index (κ2) is 9.18. The van der Waals surface area contributed by atoms with E-state index in [1.54, 1.807) is 32.2 Å². The van der Waals surface area contributed by atoms with Crippen LogP contribution in [0.1, 0.15) is 36.6 Å². The molecule has 0 bridgehead atoms. The lowest BCUT2D eigenvalue weighted by Gasteiger charge is -2.28. The van der Waals surface area contributed by atoms with E-state index < -0.39 is 11.9 Å². The normalized spacial score (nSPS) is 15.2. The van der Waals surface area contributed by atoms with E-state index in [-0.39, 0.29) is 12.2 Å². The minimum atomic E-state index is -0.666. The molecule has 0 amide bonds. The summed E-state index contributed by atoms with van der Waals surface area (Å²) >= 11 is 1.44. The van der Waals surface area contributed by atoms with Gasteiger partial charge in [-0.15, -0.1) is 0 Å². The topological polar surface area (TPSA) is 97.0 Å². The fraction of sp³-hybridized carbons (Fsp3) is 0.217. The zero-order valence-electron chi connectivity index (χ0n) is 17.2. The molecule has 4 rings (SSSR count). The number of H-pyrrole nitrogens is 1. The highest BCUT2D eigenvalue weighted by Gasteiger charge is 2.37. The van der Waals surface area contributed by atoms with Crippen molar-refractivity contribution in [2.24, 2.45) is 0 Å². The van der Waals surface area contributed by atoms with Gasteiger partial charge in [-0.25, -0.2) is 9.78 Å². The summed E-state index contributed by atoms with van der Waals surface area (Å²) in [4.78, 5) is 37.8. The average Bonchev–Trinajstić information content (AvgIpc) is 2.78. The summed E-state index contributed by atoms with van der Waals surface area (Å²) in [5, 5.41) is 3.64. The van der Waals surface area contributed by atoms with E-state index in [0.29, 0.717) is 39.3 Å². The number of rotatable bonds is 6. The van der Waals surface area contributed by atoms with Crippen LogP contribution >= 0.6 is 11.8 Å². The third-order valence-electron chi connectivity index (χ3n) is 4.92. The van der Waals surface area contributed by atoms with Gasteiger partial charge in [-0.05, 0) is 31.5 Å². The predicted molar refractivity (Wildman–Crippen MR) is 120 cm³/mol. The highest BCUT2D eigenvalue weighted by molar-refractivity contribution is 7.98. The van der Waals surface area contributed by atoms with Crippen LogP contribution in [0.4, 0.5) is 5.82 Å². The number of nitrogens with zero attached hydrogens (tertiary/aromatic N) is 2. The molecule has 0 radical (unpaired) electrons. The second-order valence-electron chi connectivity index (χ2n) is 6.98. The molecule has 0 fully saturated rings. The molecule has 3 heterocycles. The van der Waals surface area contributed by atoms with Gasteiger partial charge in [-0.1, -0.05) is 48.2 Å². The van der Waals surface area contributed by atoms with E-state index >= 15 is 0 Å². The van der Waals surface area contributed by atoms with Crippen LogP contribution in [0.2, 0.25) is 0 Å². The van der Waals surface area contributed by atoms with Crippen molar-refractivity contribution in [1.29, 1.82) is 0 Å². The number of carbonyl (C=O) groups excluding carboxylic acids is 1. The minimum Gasteiger partial charge on any atom is -0.463 e. The van der Waals surface area contributed by atoms with Gasteiger partial charge in [0.2, 0.25) is 0 Å². The van der Waals surface area contributed by atoms with Crippen molar-refractivity contribution in [1.82, 2.24) is 15.0 Å². The van der Waals surface area contributed by atoms with Gasteiger partial charge < -0.3 is 15.0 Å². The molecule has 1 aliphatic rings. The average molecular weight is 435 g/mol. The molecule has 7 nitrogen and oxygen atoms in total. The Hall–Kier alpha value is -3.39.